The first-order valence-corrected chi connectivity index (χ1v) is 7.46. The van der Waals surface area contributed by atoms with E-state index in [0.29, 0.717) is 16.3 Å². The summed E-state index contributed by atoms with van der Waals surface area (Å²) in [5.74, 6) is 0.976. The van der Waals surface area contributed by atoms with E-state index in [2.05, 4.69) is 9.97 Å². The van der Waals surface area contributed by atoms with E-state index in [0.717, 1.165) is 17.7 Å². The Morgan fingerprint density at radius 1 is 1.50 bits per heavy atom. The number of carbonyl (C=O) groups excluding carboxylic acids is 1. The highest BCUT2D eigenvalue weighted by Gasteiger charge is 2.18. The Morgan fingerprint density at radius 2 is 2.30 bits per heavy atom. The summed E-state index contributed by atoms with van der Waals surface area (Å²) in [6.07, 6.45) is 10.1. The molecule has 1 aliphatic carbocycles. The number of aromatic nitrogens is 2. The largest absolute Gasteiger partial charge is 0.383 e. The van der Waals surface area contributed by atoms with Crippen molar-refractivity contribution >= 4 is 23.4 Å². The van der Waals surface area contributed by atoms with Crippen molar-refractivity contribution in [3.05, 3.63) is 47.2 Å². The Morgan fingerprint density at radius 3 is 3.00 bits per heavy atom. The zero-order valence-electron chi connectivity index (χ0n) is 11.6. The predicted octanol–water partition coefficient (Wildman–Crippen LogP) is 3.19. The number of ketones is 1. The van der Waals surface area contributed by atoms with Gasteiger partial charge in [-0.2, -0.15) is 0 Å². The van der Waals surface area contributed by atoms with Crippen molar-refractivity contribution in [2.75, 3.05) is 11.5 Å². The highest BCUT2D eigenvalue weighted by molar-refractivity contribution is 7.99. The molecule has 0 atom stereocenters. The maximum absolute atomic E-state index is 12.5. The molecule has 0 fully saturated rings. The highest BCUT2D eigenvalue weighted by Crippen LogP contribution is 2.23. The first-order valence-electron chi connectivity index (χ1n) is 6.47. The lowest BCUT2D eigenvalue weighted by atomic mass is 9.98. The number of thioether (sulfide) groups is 1. The summed E-state index contributed by atoms with van der Waals surface area (Å²) in [4.78, 5) is 20.9. The smallest absolute Gasteiger partial charge is 0.198 e. The molecule has 5 heteroatoms. The van der Waals surface area contributed by atoms with Gasteiger partial charge in [0.05, 0.1) is 5.56 Å². The van der Waals surface area contributed by atoms with Crippen LogP contribution in [0.4, 0.5) is 5.82 Å². The molecule has 20 heavy (non-hydrogen) atoms. The second-order valence-electron chi connectivity index (χ2n) is 4.34. The molecule has 2 rings (SSSR count). The van der Waals surface area contributed by atoms with Gasteiger partial charge in [-0.05, 0) is 24.7 Å². The number of nitrogen functional groups attached to an aromatic ring is 1. The van der Waals surface area contributed by atoms with Crippen LogP contribution in [-0.4, -0.2) is 21.5 Å². The molecule has 0 saturated heterocycles. The number of rotatable bonds is 4. The topological polar surface area (TPSA) is 68.9 Å². The van der Waals surface area contributed by atoms with E-state index < -0.39 is 0 Å². The van der Waals surface area contributed by atoms with Gasteiger partial charge in [-0.25, -0.2) is 9.97 Å². The third-order valence-electron chi connectivity index (χ3n) is 2.94. The average Bonchev–Trinajstić information content (AvgIpc) is 2.63. The summed E-state index contributed by atoms with van der Waals surface area (Å²) < 4.78 is 0. The van der Waals surface area contributed by atoms with Gasteiger partial charge >= 0.3 is 0 Å². The molecule has 1 aromatic rings. The number of anilines is 1. The molecule has 0 aliphatic heterocycles. The molecule has 0 radical (unpaired) electrons. The van der Waals surface area contributed by atoms with Gasteiger partial charge in [0.25, 0.3) is 0 Å². The molecular weight excluding hydrogens is 270 g/mol. The van der Waals surface area contributed by atoms with Crippen LogP contribution in [0.15, 0.2) is 46.8 Å². The molecule has 1 aliphatic rings. The normalized spacial score (nSPS) is 14.5. The molecule has 0 bridgehead atoms. The van der Waals surface area contributed by atoms with Crippen LogP contribution in [0.2, 0.25) is 0 Å². The first-order chi connectivity index (χ1) is 9.63. The summed E-state index contributed by atoms with van der Waals surface area (Å²) in [7, 11) is 0. The van der Waals surface area contributed by atoms with Gasteiger partial charge in [-0.1, -0.05) is 43.0 Å². The molecular formula is C15H17N3OS. The Labute approximate surface area is 122 Å². The summed E-state index contributed by atoms with van der Waals surface area (Å²) in [5.41, 5.74) is 7.85. The molecule has 0 unspecified atom stereocenters. The molecule has 4 nitrogen and oxygen atoms in total. The standard InChI is InChI=1S/C15H17N3OS/c1-3-20-15-17-9-12(14(16)18-15)13(19)11-8-6-4-5-7-10(11)2/h4,6-9H,3,5H2,1-2H3,(H2,16,17,18). The number of nitrogens with two attached hydrogens (primary N) is 1. The van der Waals surface area contributed by atoms with Crippen molar-refractivity contribution in [1.29, 1.82) is 0 Å². The fourth-order valence-corrected chi connectivity index (χ4v) is 2.43. The SMILES string of the molecule is CCSc1ncc(C(=O)C2=CC=CCC=C2C)c(N)n1. The third kappa shape index (κ3) is 3.17. The molecule has 0 amide bonds. The zero-order valence-corrected chi connectivity index (χ0v) is 12.4. The van der Waals surface area contributed by atoms with E-state index in [1.54, 1.807) is 0 Å². The van der Waals surface area contributed by atoms with Gasteiger partial charge in [-0.15, -0.1) is 0 Å². The highest BCUT2D eigenvalue weighted by atomic mass is 32.2. The van der Waals surface area contributed by atoms with Gasteiger partial charge in [0.2, 0.25) is 0 Å². The maximum Gasteiger partial charge on any atom is 0.198 e. The van der Waals surface area contributed by atoms with Crippen LogP contribution in [0.1, 0.15) is 30.6 Å². The molecule has 2 N–H and O–H groups in total. The first kappa shape index (κ1) is 14.5. The van der Waals surface area contributed by atoms with Crippen molar-refractivity contribution in [1.82, 2.24) is 9.97 Å². The van der Waals surface area contributed by atoms with Gasteiger partial charge < -0.3 is 5.73 Å². The van der Waals surface area contributed by atoms with E-state index >= 15 is 0 Å². The molecule has 0 aromatic carbocycles. The number of allylic oxidation sites excluding steroid dienone is 6. The third-order valence-corrected chi connectivity index (χ3v) is 3.69. The van der Waals surface area contributed by atoms with E-state index in [1.165, 1.54) is 18.0 Å². The number of Topliss-reactive ketones (excluding diaryl/α,β-unsaturated/α-hetero) is 1. The predicted molar refractivity (Wildman–Crippen MR) is 82.8 cm³/mol. The maximum atomic E-state index is 12.5. The van der Waals surface area contributed by atoms with Gasteiger partial charge in [0, 0.05) is 11.8 Å². The van der Waals surface area contributed by atoms with Crippen molar-refractivity contribution in [3.63, 3.8) is 0 Å². The van der Waals surface area contributed by atoms with Gasteiger partial charge in [0.15, 0.2) is 10.9 Å². The summed E-state index contributed by atoms with van der Waals surface area (Å²) >= 11 is 1.50. The van der Waals surface area contributed by atoms with E-state index in [1.807, 2.05) is 38.2 Å². The van der Waals surface area contributed by atoms with E-state index in [9.17, 15) is 4.79 Å². The van der Waals surface area contributed by atoms with Crippen LogP contribution < -0.4 is 5.73 Å². The van der Waals surface area contributed by atoms with Crippen LogP contribution in [0.25, 0.3) is 0 Å². The average molecular weight is 287 g/mol. The van der Waals surface area contributed by atoms with E-state index in [-0.39, 0.29) is 11.6 Å². The number of hydrogen-bond acceptors (Lipinski definition) is 5. The minimum Gasteiger partial charge on any atom is -0.383 e. The molecule has 0 saturated carbocycles. The lowest BCUT2D eigenvalue weighted by Gasteiger charge is -2.08. The summed E-state index contributed by atoms with van der Waals surface area (Å²) in [6, 6.07) is 0. The minimum absolute atomic E-state index is 0.129. The molecule has 104 valence electrons. The van der Waals surface area contributed by atoms with Crippen molar-refractivity contribution in [2.45, 2.75) is 25.4 Å². The summed E-state index contributed by atoms with van der Waals surface area (Å²) in [5, 5.41) is 0.601. The molecule has 1 aromatic heterocycles. The fraction of sp³-hybridized carbons (Fsp3) is 0.267. The summed E-state index contributed by atoms with van der Waals surface area (Å²) in [6.45, 7) is 3.94. The molecule has 1 heterocycles. The van der Waals surface area contributed by atoms with Crippen LogP contribution in [-0.2, 0) is 0 Å². The zero-order chi connectivity index (χ0) is 14.5. The molecule has 0 spiro atoms. The second kappa shape index (κ2) is 6.52. The number of carbonyl (C=O) groups is 1. The van der Waals surface area contributed by atoms with Crippen LogP contribution in [0, 0.1) is 0 Å². The Balaban J connectivity index is 2.34. The van der Waals surface area contributed by atoms with Gasteiger partial charge in [-0.3, -0.25) is 4.79 Å². The lowest BCUT2D eigenvalue weighted by molar-refractivity contribution is 0.103. The van der Waals surface area contributed by atoms with Gasteiger partial charge in [0.1, 0.15) is 5.82 Å². The Kier molecular flexibility index (Phi) is 4.74. The van der Waals surface area contributed by atoms with Crippen molar-refractivity contribution in [2.24, 2.45) is 0 Å². The minimum atomic E-state index is -0.129. The Bertz CT molecular complexity index is 618. The number of nitrogens with zero attached hydrogens (tertiary/aromatic N) is 2. The van der Waals surface area contributed by atoms with Crippen molar-refractivity contribution < 1.29 is 4.79 Å². The second-order valence-corrected chi connectivity index (χ2v) is 5.58. The van der Waals surface area contributed by atoms with Crippen LogP contribution >= 0.6 is 11.8 Å². The van der Waals surface area contributed by atoms with Crippen molar-refractivity contribution in [3.8, 4) is 0 Å². The fourth-order valence-electron chi connectivity index (χ4n) is 1.88. The quantitative estimate of drug-likeness (QED) is 0.523. The van der Waals surface area contributed by atoms with E-state index in [4.69, 9.17) is 5.73 Å². The van der Waals surface area contributed by atoms with Crippen LogP contribution in [0.5, 0.6) is 0 Å². The lowest BCUT2D eigenvalue weighted by Crippen LogP contribution is -2.10. The monoisotopic (exact) mass is 287 g/mol. The number of hydrogen-bond donors (Lipinski definition) is 1. The Hall–Kier alpha value is -1.88. The van der Waals surface area contributed by atoms with Crippen LogP contribution in [0.3, 0.4) is 0 Å².